The van der Waals surface area contributed by atoms with Gasteiger partial charge in [-0.05, 0) is 56.0 Å². The Morgan fingerprint density at radius 3 is 2.70 bits per heavy atom. The smallest absolute Gasteiger partial charge is 0.387 e. The SMILES string of the molecule is Cl.O=C(CCc1ccc(OC(F)F)cc1)NCC1CCCNC1. The number of hydrogen-bond donors (Lipinski definition) is 2. The Morgan fingerprint density at radius 1 is 1.35 bits per heavy atom. The van der Waals surface area contributed by atoms with Gasteiger partial charge in [-0.15, -0.1) is 12.4 Å². The number of halogens is 3. The van der Waals surface area contributed by atoms with Crippen molar-refractivity contribution in [3.63, 3.8) is 0 Å². The summed E-state index contributed by atoms with van der Waals surface area (Å²) < 4.78 is 28.3. The lowest BCUT2D eigenvalue weighted by Crippen LogP contribution is -2.38. The van der Waals surface area contributed by atoms with Crippen LogP contribution in [0.3, 0.4) is 0 Å². The molecular formula is C16H23ClF2N2O2. The molecule has 1 atom stereocenters. The molecule has 1 aliphatic rings. The number of hydrogen-bond acceptors (Lipinski definition) is 3. The van der Waals surface area contributed by atoms with Crippen LogP contribution in [0.4, 0.5) is 8.78 Å². The molecule has 7 heteroatoms. The maximum absolute atomic E-state index is 12.0. The van der Waals surface area contributed by atoms with E-state index < -0.39 is 6.61 Å². The molecule has 2 N–H and O–H groups in total. The zero-order valence-corrected chi connectivity index (χ0v) is 13.7. The highest BCUT2D eigenvalue weighted by Gasteiger charge is 2.13. The molecule has 1 heterocycles. The molecule has 2 rings (SSSR count). The highest BCUT2D eigenvalue weighted by molar-refractivity contribution is 5.85. The van der Waals surface area contributed by atoms with Gasteiger partial charge in [0.2, 0.25) is 5.91 Å². The molecule has 1 aromatic rings. The molecule has 23 heavy (non-hydrogen) atoms. The molecule has 1 aliphatic heterocycles. The Bertz CT molecular complexity index is 466. The van der Waals surface area contributed by atoms with E-state index in [1.54, 1.807) is 12.1 Å². The van der Waals surface area contributed by atoms with E-state index >= 15 is 0 Å². The van der Waals surface area contributed by atoms with Crippen LogP contribution in [0.1, 0.15) is 24.8 Å². The van der Waals surface area contributed by atoms with Crippen LogP contribution >= 0.6 is 12.4 Å². The minimum Gasteiger partial charge on any atom is -0.435 e. The second-order valence-electron chi connectivity index (χ2n) is 5.54. The zero-order valence-electron chi connectivity index (χ0n) is 12.9. The maximum Gasteiger partial charge on any atom is 0.387 e. The molecule has 0 aromatic heterocycles. The Balaban J connectivity index is 0.00000264. The number of amides is 1. The van der Waals surface area contributed by atoms with Crippen molar-refractivity contribution in [2.45, 2.75) is 32.3 Å². The lowest BCUT2D eigenvalue weighted by molar-refractivity contribution is -0.121. The molecule has 0 spiro atoms. The van der Waals surface area contributed by atoms with Gasteiger partial charge in [0, 0.05) is 13.0 Å². The van der Waals surface area contributed by atoms with Crippen LogP contribution in [0.2, 0.25) is 0 Å². The number of alkyl halides is 2. The summed E-state index contributed by atoms with van der Waals surface area (Å²) in [4.78, 5) is 11.8. The first kappa shape index (κ1) is 19.6. The van der Waals surface area contributed by atoms with Gasteiger partial charge in [0.25, 0.3) is 0 Å². The first-order chi connectivity index (χ1) is 10.6. The third-order valence-corrected chi connectivity index (χ3v) is 3.78. The molecule has 0 radical (unpaired) electrons. The van der Waals surface area contributed by atoms with Gasteiger partial charge in [-0.25, -0.2) is 0 Å². The number of aryl methyl sites for hydroxylation is 1. The number of ether oxygens (including phenoxy) is 1. The standard InChI is InChI=1S/C16H22F2N2O2.ClH/c17-16(18)22-14-6-3-12(4-7-14)5-8-15(21)20-11-13-2-1-9-19-10-13;/h3-4,6-7,13,16,19H,1-2,5,8-11H2,(H,20,21);1H. The van der Waals surface area contributed by atoms with Crippen molar-refractivity contribution in [2.75, 3.05) is 19.6 Å². The van der Waals surface area contributed by atoms with E-state index in [0.29, 0.717) is 25.3 Å². The average molecular weight is 349 g/mol. The minimum absolute atomic E-state index is 0. The van der Waals surface area contributed by atoms with Gasteiger partial charge < -0.3 is 15.4 Å². The summed E-state index contributed by atoms with van der Waals surface area (Å²) in [6.45, 7) is -0.0693. The van der Waals surface area contributed by atoms with Gasteiger partial charge in [0.1, 0.15) is 5.75 Å². The highest BCUT2D eigenvalue weighted by Crippen LogP contribution is 2.15. The molecule has 1 unspecified atom stereocenters. The number of benzene rings is 1. The highest BCUT2D eigenvalue weighted by atomic mass is 35.5. The minimum atomic E-state index is -2.81. The molecule has 130 valence electrons. The average Bonchev–Trinajstić information content (AvgIpc) is 2.53. The quantitative estimate of drug-likeness (QED) is 0.796. The van der Waals surface area contributed by atoms with Gasteiger partial charge in [-0.1, -0.05) is 12.1 Å². The molecular weight excluding hydrogens is 326 g/mol. The predicted octanol–water partition coefficient (Wildman–Crippen LogP) is 2.76. The third kappa shape index (κ3) is 7.61. The second kappa shape index (κ2) is 10.4. The fourth-order valence-electron chi connectivity index (χ4n) is 2.54. The van der Waals surface area contributed by atoms with Crippen molar-refractivity contribution in [1.82, 2.24) is 10.6 Å². The molecule has 0 saturated carbocycles. The molecule has 1 amide bonds. The van der Waals surface area contributed by atoms with Crippen molar-refractivity contribution >= 4 is 18.3 Å². The summed E-state index contributed by atoms with van der Waals surface area (Å²) in [5, 5.41) is 6.28. The number of nitrogens with one attached hydrogen (secondary N) is 2. The van der Waals surface area contributed by atoms with Crippen LogP contribution in [0.25, 0.3) is 0 Å². The molecule has 0 aliphatic carbocycles. The first-order valence-corrected chi connectivity index (χ1v) is 7.64. The van der Waals surface area contributed by atoms with Crippen LogP contribution in [-0.4, -0.2) is 32.2 Å². The molecule has 0 bridgehead atoms. The lowest BCUT2D eigenvalue weighted by atomic mass is 10.00. The Labute approximate surface area is 141 Å². The van der Waals surface area contributed by atoms with E-state index in [1.165, 1.54) is 12.1 Å². The van der Waals surface area contributed by atoms with E-state index in [-0.39, 0.29) is 24.1 Å². The van der Waals surface area contributed by atoms with Gasteiger partial charge in [0.15, 0.2) is 0 Å². The third-order valence-electron chi connectivity index (χ3n) is 3.78. The van der Waals surface area contributed by atoms with Gasteiger partial charge in [-0.2, -0.15) is 8.78 Å². The van der Waals surface area contributed by atoms with Gasteiger partial charge in [-0.3, -0.25) is 4.79 Å². The lowest BCUT2D eigenvalue weighted by Gasteiger charge is -2.22. The van der Waals surface area contributed by atoms with Crippen molar-refractivity contribution in [3.8, 4) is 5.75 Å². The van der Waals surface area contributed by atoms with Crippen LogP contribution in [0, 0.1) is 5.92 Å². The summed E-state index contributed by atoms with van der Waals surface area (Å²) >= 11 is 0. The number of carbonyl (C=O) groups excluding carboxylic acids is 1. The Hall–Kier alpha value is -1.40. The number of rotatable bonds is 7. The van der Waals surface area contributed by atoms with Crippen molar-refractivity contribution in [1.29, 1.82) is 0 Å². The van der Waals surface area contributed by atoms with Crippen LogP contribution in [0.5, 0.6) is 5.75 Å². The first-order valence-electron chi connectivity index (χ1n) is 7.64. The van der Waals surface area contributed by atoms with Crippen LogP contribution in [0.15, 0.2) is 24.3 Å². The van der Waals surface area contributed by atoms with E-state index in [4.69, 9.17) is 0 Å². The fraction of sp³-hybridized carbons (Fsp3) is 0.562. The number of piperidine rings is 1. The summed E-state index contributed by atoms with van der Waals surface area (Å²) in [7, 11) is 0. The largest absolute Gasteiger partial charge is 0.435 e. The zero-order chi connectivity index (χ0) is 15.8. The Kier molecular flexibility index (Phi) is 8.87. The van der Waals surface area contributed by atoms with E-state index in [9.17, 15) is 13.6 Å². The predicted molar refractivity (Wildman–Crippen MR) is 87.2 cm³/mol. The summed E-state index contributed by atoms with van der Waals surface area (Å²) in [5.74, 6) is 0.676. The van der Waals surface area contributed by atoms with Crippen molar-refractivity contribution < 1.29 is 18.3 Å². The molecule has 1 saturated heterocycles. The van der Waals surface area contributed by atoms with Gasteiger partial charge in [0.05, 0.1) is 0 Å². The van der Waals surface area contributed by atoms with Crippen molar-refractivity contribution in [2.24, 2.45) is 5.92 Å². The number of carbonyl (C=O) groups is 1. The maximum atomic E-state index is 12.0. The second-order valence-corrected chi connectivity index (χ2v) is 5.54. The van der Waals surface area contributed by atoms with Crippen LogP contribution < -0.4 is 15.4 Å². The van der Waals surface area contributed by atoms with E-state index in [1.807, 2.05) is 0 Å². The van der Waals surface area contributed by atoms with E-state index in [2.05, 4.69) is 15.4 Å². The van der Waals surface area contributed by atoms with Crippen molar-refractivity contribution in [3.05, 3.63) is 29.8 Å². The summed E-state index contributed by atoms with van der Waals surface area (Å²) in [5.41, 5.74) is 0.927. The Morgan fingerprint density at radius 2 is 2.09 bits per heavy atom. The monoisotopic (exact) mass is 348 g/mol. The van der Waals surface area contributed by atoms with Gasteiger partial charge >= 0.3 is 6.61 Å². The topological polar surface area (TPSA) is 50.4 Å². The normalized spacial score (nSPS) is 17.4. The fourth-order valence-corrected chi connectivity index (χ4v) is 2.54. The molecule has 4 nitrogen and oxygen atoms in total. The van der Waals surface area contributed by atoms with E-state index in [0.717, 1.165) is 31.5 Å². The molecule has 1 aromatic carbocycles. The summed E-state index contributed by atoms with van der Waals surface area (Å²) in [6, 6.07) is 6.40. The van der Waals surface area contributed by atoms with Crippen LogP contribution in [-0.2, 0) is 11.2 Å². The molecule has 1 fully saturated rings. The summed E-state index contributed by atoms with van der Waals surface area (Å²) in [6.07, 6.45) is 3.30.